The molecule has 2 rings (SSSR count). The van der Waals surface area contributed by atoms with Gasteiger partial charge in [0.2, 0.25) is 5.82 Å². The first kappa shape index (κ1) is 9.82. The molecule has 0 fully saturated rings. The quantitative estimate of drug-likeness (QED) is 0.732. The molecule has 0 saturated heterocycles. The first-order valence-corrected chi connectivity index (χ1v) is 4.21. The van der Waals surface area contributed by atoms with E-state index in [1.54, 1.807) is 19.1 Å². The smallest absolute Gasteiger partial charge is 0.382 e. The summed E-state index contributed by atoms with van der Waals surface area (Å²) in [6.07, 6.45) is -3.17. The molecule has 0 unspecified atom stereocenters. The number of pyridine rings is 1. The average molecular weight is 215 g/mol. The largest absolute Gasteiger partial charge is 0.450 e. The van der Waals surface area contributed by atoms with E-state index < -0.39 is 12.0 Å². The molecule has 0 aliphatic rings. The Balaban J connectivity index is 2.79. The molecule has 2 aromatic rings. The summed E-state index contributed by atoms with van der Waals surface area (Å²) in [4.78, 5) is 3.32. The number of halogens is 3. The van der Waals surface area contributed by atoms with Gasteiger partial charge in [0.25, 0.3) is 0 Å². The van der Waals surface area contributed by atoms with Crippen molar-refractivity contribution in [3.05, 3.63) is 29.7 Å². The summed E-state index contributed by atoms with van der Waals surface area (Å²) in [5.41, 5.74) is 6.53. The number of imidazole rings is 1. The minimum absolute atomic E-state index is 0.106. The summed E-state index contributed by atoms with van der Waals surface area (Å²) in [6.45, 7) is 1.78. The predicted molar refractivity (Wildman–Crippen MR) is 49.3 cm³/mol. The van der Waals surface area contributed by atoms with Gasteiger partial charge < -0.3 is 5.73 Å². The third-order valence-electron chi connectivity index (χ3n) is 2.08. The summed E-state index contributed by atoms with van der Waals surface area (Å²) >= 11 is 0. The van der Waals surface area contributed by atoms with Crippen molar-refractivity contribution >= 4 is 11.3 Å². The number of nitrogens with zero attached hydrogens (tertiary/aromatic N) is 2. The van der Waals surface area contributed by atoms with Crippen molar-refractivity contribution < 1.29 is 13.2 Å². The molecule has 15 heavy (non-hydrogen) atoms. The zero-order chi connectivity index (χ0) is 11.2. The fraction of sp³-hybridized carbons (Fsp3) is 0.222. The van der Waals surface area contributed by atoms with E-state index in [1.165, 1.54) is 6.20 Å². The van der Waals surface area contributed by atoms with Crippen molar-refractivity contribution in [2.24, 2.45) is 0 Å². The van der Waals surface area contributed by atoms with Crippen LogP contribution in [0.2, 0.25) is 0 Å². The maximum absolute atomic E-state index is 12.5. The SMILES string of the molecule is Cc1ccn2c(C(F)(F)F)nc(N)c2c1. The molecular formula is C9H8F3N3. The van der Waals surface area contributed by atoms with Gasteiger partial charge in [-0.15, -0.1) is 0 Å². The van der Waals surface area contributed by atoms with Gasteiger partial charge in [0, 0.05) is 6.20 Å². The van der Waals surface area contributed by atoms with Gasteiger partial charge in [-0.05, 0) is 24.6 Å². The topological polar surface area (TPSA) is 43.3 Å². The Hall–Kier alpha value is -1.72. The Labute approximate surface area is 83.3 Å². The normalized spacial score (nSPS) is 12.3. The molecular weight excluding hydrogens is 207 g/mol. The zero-order valence-electron chi connectivity index (χ0n) is 7.84. The molecule has 0 aliphatic carbocycles. The lowest BCUT2D eigenvalue weighted by Gasteiger charge is -2.04. The molecule has 0 aromatic carbocycles. The second kappa shape index (κ2) is 2.88. The summed E-state index contributed by atoms with van der Waals surface area (Å²) in [5, 5.41) is 0. The fourth-order valence-corrected chi connectivity index (χ4v) is 1.41. The molecule has 0 saturated carbocycles. The maximum atomic E-state index is 12.5. The minimum atomic E-state index is -4.49. The van der Waals surface area contributed by atoms with Crippen molar-refractivity contribution in [1.82, 2.24) is 9.38 Å². The van der Waals surface area contributed by atoms with E-state index in [0.717, 1.165) is 9.96 Å². The van der Waals surface area contributed by atoms with Crippen molar-refractivity contribution in [2.75, 3.05) is 5.73 Å². The van der Waals surface area contributed by atoms with Gasteiger partial charge in [-0.2, -0.15) is 13.2 Å². The lowest BCUT2D eigenvalue weighted by Crippen LogP contribution is -2.10. The lowest BCUT2D eigenvalue weighted by atomic mass is 10.3. The van der Waals surface area contributed by atoms with Crippen LogP contribution in [0, 0.1) is 6.92 Å². The van der Waals surface area contributed by atoms with Gasteiger partial charge >= 0.3 is 6.18 Å². The Bertz CT molecular complexity index is 513. The van der Waals surface area contributed by atoms with Gasteiger partial charge in [0.1, 0.15) is 5.82 Å². The van der Waals surface area contributed by atoms with Crippen LogP contribution >= 0.6 is 0 Å². The summed E-state index contributed by atoms with van der Waals surface area (Å²) in [7, 11) is 0. The highest BCUT2D eigenvalue weighted by molar-refractivity contribution is 5.67. The van der Waals surface area contributed by atoms with Gasteiger partial charge in [-0.1, -0.05) is 0 Å². The first-order valence-electron chi connectivity index (χ1n) is 4.21. The molecule has 2 N–H and O–H groups in total. The first-order chi connectivity index (χ1) is 6.89. The van der Waals surface area contributed by atoms with E-state index in [1.807, 2.05) is 0 Å². The number of anilines is 1. The van der Waals surface area contributed by atoms with Crippen LogP contribution in [0.4, 0.5) is 19.0 Å². The highest BCUT2D eigenvalue weighted by Gasteiger charge is 2.36. The van der Waals surface area contributed by atoms with Crippen LogP contribution in [0.5, 0.6) is 0 Å². The van der Waals surface area contributed by atoms with Crippen LogP contribution in [0.1, 0.15) is 11.4 Å². The monoisotopic (exact) mass is 215 g/mol. The molecule has 0 bridgehead atoms. The van der Waals surface area contributed by atoms with E-state index in [-0.39, 0.29) is 11.3 Å². The van der Waals surface area contributed by atoms with Crippen LogP contribution < -0.4 is 5.73 Å². The minimum Gasteiger partial charge on any atom is -0.382 e. The summed E-state index contributed by atoms with van der Waals surface area (Å²) in [6, 6.07) is 3.14. The second-order valence-corrected chi connectivity index (χ2v) is 3.28. The number of hydrogen-bond donors (Lipinski definition) is 1. The number of nitrogens with two attached hydrogens (primary N) is 1. The van der Waals surface area contributed by atoms with Crippen molar-refractivity contribution in [3.8, 4) is 0 Å². The number of alkyl halides is 3. The Morgan fingerprint density at radius 1 is 1.40 bits per heavy atom. The predicted octanol–water partition coefficient (Wildman–Crippen LogP) is 2.24. The van der Waals surface area contributed by atoms with Crippen LogP contribution in [0.25, 0.3) is 5.52 Å². The number of fused-ring (bicyclic) bond motifs is 1. The molecule has 0 aliphatic heterocycles. The van der Waals surface area contributed by atoms with E-state index >= 15 is 0 Å². The summed E-state index contributed by atoms with van der Waals surface area (Å²) < 4.78 is 38.4. The third kappa shape index (κ3) is 1.51. The van der Waals surface area contributed by atoms with Crippen molar-refractivity contribution in [2.45, 2.75) is 13.1 Å². The van der Waals surface area contributed by atoms with Gasteiger partial charge in [0.15, 0.2) is 0 Å². The lowest BCUT2D eigenvalue weighted by molar-refractivity contribution is -0.145. The molecule has 0 radical (unpaired) electrons. The molecule has 2 heterocycles. The van der Waals surface area contributed by atoms with Gasteiger partial charge in [-0.25, -0.2) is 4.98 Å². The number of nitrogen functional groups attached to an aromatic ring is 1. The fourth-order valence-electron chi connectivity index (χ4n) is 1.41. The Morgan fingerprint density at radius 3 is 2.67 bits per heavy atom. The number of aromatic nitrogens is 2. The number of hydrogen-bond acceptors (Lipinski definition) is 2. The molecule has 80 valence electrons. The summed E-state index contributed by atoms with van der Waals surface area (Å²) in [5.74, 6) is -1.10. The standard InChI is InChI=1S/C9H8F3N3/c1-5-2-3-15-6(4-5)7(13)14-8(15)9(10,11)12/h2-4H,13H2,1H3. The molecule has 0 spiro atoms. The van der Waals surface area contributed by atoms with E-state index in [9.17, 15) is 13.2 Å². The van der Waals surface area contributed by atoms with Crippen LogP contribution in [-0.4, -0.2) is 9.38 Å². The van der Waals surface area contributed by atoms with Crippen LogP contribution in [0.3, 0.4) is 0 Å². The van der Waals surface area contributed by atoms with Crippen molar-refractivity contribution in [3.63, 3.8) is 0 Å². The zero-order valence-corrected chi connectivity index (χ0v) is 7.84. The average Bonchev–Trinajstić information content (AvgIpc) is 2.43. The van der Waals surface area contributed by atoms with E-state index in [0.29, 0.717) is 0 Å². The Morgan fingerprint density at radius 2 is 2.07 bits per heavy atom. The molecule has 0 atom stereocenters. The van der Waals surface area contributed by atoms with E-state index in [2.05, 4.69) is 4.98 Å². The molecule has 2 aromatic heterocycles. The molecule has 3 nitrogen and oxygen atoms in total. The highest BCUT2D eigenvalue weighted by Crippen LogP contribution is 2.31. The van der Waals surface area contributed by atoms with Crippen LogP contribution in [0.15, 0.2) is 18.3 Å². The Kier molecular flexibility index (Phi) is 1.89. The van der Waals surface area contributed by atoms with Gasteiger partial charge in [0.05, 0.1) is 5.52 Å². The maximum Gasteiger partial charge on any atom is 0.450 e. The molecule has 6 heteroatoms. The van der Waals surface area contributed by atoms with Crippen molar-refractivity contribution in [1.29, 1.82) is 0 Å². The second-order valence-electron chi connectivity index (χ2n) is 3.28. The number of aryl methyl sites for hydroxylation is 1. The highest BCUT2D eigenvalue weighted by atomic mass is 19.4. The van der Waals surface area contributed by atoms with E-state index in [4.69, 9.17) is 5.73 Å². The van der Waals surface area contributed by atoms with Gasteiger partial charge in [-0.3, -0.25) is 4.40 Å². The van der Waals surface area contributed by atoms with Crippen LogP contribution in [-0.2, 0) is 6.18 Å². The third-order valence-corrected chi connectivity index (χ3v) is 2.08. The number of rotatable bonds is 0. The molecule has 0 amide bonds.